The summed E-state index contributed by atoms with van der Waals surface area (Å²) in [5.41, 5.74) is 0.726. The van der Waals surface area contributed by atoms with Crippen LogP contribution in [0.1, 0.15) is 15.9 Å². The molecule has 0 atom stereocenters. The highest BCUT2D eigenvalue weighted by molar-refractivity contribution is 8.13. The molecule has 0 spiro atoms. The SMILES string of the molecule is O=C(Cc1ccccc1Cl)Sc1ncccc1C(=O)O. The molecular formula is C14H10ClNO3S. The third kappa shape index (κ3) is 3.59. The van der Waals surface area contributed by atoms with E-state index in [-0.39, 0.29) is 22.1 Å². The minimum Gasteiger partial charge on any atom is -0.478 e. The molecule has 6 heteroatoms. The summed E-state index contributed by atoms with van der Waals surface area (Å²) in [5, 5.41) is 9.52. The monoisotopic (exact) mass is 307 g/mol. The van der Waals surface area contributed by atoms with Crippen molar-refractivity contribution in [2.75, 3.05) is 0 Å². The summed E-state index contributed by atoms with van der Waals surface area (Å²) in [4.78, 5) is 26.9. The zero-order valence-corrected chi connectivity index (χ0v) is 11.8. The number of carbonyl (C=O) groups excluding carboxylic acids is 1. The Morgan fingerprint density at radius 2 is 1.95 bits per heavy atom. The molecule has 2 aromatic rings. The van der Waals surface area contributed by atoms with Crippen LogP contribution in [-0.4, -0.2) is 21.2 Å². The Labute approximate surface area is 124 Å². The molecule has 0 aliphatic rings. The highest BCUT2D eigenvalue weighted by atomic mass is 35.5. The topological polar surface area (TPSA) is 67.3 Å². The second-order valence-electron chi connectivity index (χ2n) is 3.90. The van der Waals surface area contributed by atoms with Crippen molar-refractivity contribution < 1.29 is 14.7 Å². The number of aromatic carboxylic acids is 1. The molecule has 0 amide bonds. The second-order valence-corrected chi connectivity index (χ2v) is 5.36. The minimum absolute atomic E-state index is 0.0185. The molecular weight excluding hydrogens is 298 g/mol. The van der Waals surface area contributed by atoms with Gasteiger partial charge in [-0.25, -0.2) is 9.78 Å². The van der Waals surface area contributed by atoms with Crippen LogP contribution in [0.3, 0.4) is 0 Å². The second kappa shape index (κ2) is 6.54. The van der Waals surface area contributed by atoms with Crippen molar-refractivity contribution in [2.45, 2.75) is 11.4 Å². The molecule has 0 bridgehead atoms. The fourth-order valence-electron chi connectivity index (χ4n) is 1.58. The first-order valence-corrected chi connectivity index (χ1v) is 6.90. The lowest BCUT2D eigenvalue weighted by Crippen LogP contribution is -2.04. The number of nitrogens with zero attached hydrogens (tertiary/aromatic N) is 1. The van der Waals surface area contributed by atoms with E-state index in [2.05, 4.69) is 4.98 Å². The van der Waals surface area contributed by atoms with Crippen LogP contribution in [0.15, 0.2) is 47.6 Å². The number of pyridine rings is 1. The van der Waals surface area contributed by atoms with E-state index in [1.807, 2.05) is 0 Å². The van der Waals surface area contributed by atoms with E-state index in [4.69, 9.17) is 16.7 Å². The Kier molecular flexibility index (Phi) is 4.76. The molecule has 0 unspecified atom stereocenters. The highest BCUT2D eigenvalue weighted by Gasteiger charge is 2.15. The molecule has 0 saturated heterocycles. The molecule has 102 valence electrons. The normalized spacial score (nSPS) is 10.2. The van der Waals surface area contributed by atoms with Gasteiger partial charge < -0.3 is 5.11 Å². The number of thioether (sulfide) groups is 1. The van der Waals surface area contributed by atoms with Crippen molar-refractivity contribution in [2.24, 2.45) is 0 Å². The summed E-state index contributed by atoms with van der Waals surface area (Å²) < 4.78 is 0. The van der Waals surface area contributed by atoms with E-state index in [0.717, 1.165) is 11.8 Å². The minimum atomic E-state index is -1.11. The Bertz CT molecular complexity index is 660. The van der Waals surface area contributed by atoms with Crippen molar-refractivity contribution >= 4 is 34.4 Å². The first kappa shape index (κ1) is 14.6. The van der Waals surface area contributed by atoms with Gasteiger partial charge in [0.15, 0.2) is 5.12 Å². The summed E-state index contributed by atoms with van der Waals surface area (Å²) in [6, 6.07) is 9.98. The molecule has 1 heterocycles. The lowest BCUT2D eigenvalue weighted by molar-refractivity contribution is -0.110. The standard InChI is InChI=1S/C14H10ClNO3S/c15-11-6-2-1-4-9(11)8-12(17)20-13-10(14(18)19)5-3-7-16-13/h1-7H,8H2,(H,18,19). The summed E-state index contributed by atoms with van der Waals surface area (Å²) in [7, 11) is 0. The number of carbonyl (C=O) groups is 2. The number of rotatable bonds is 4. The Hall–Kier alpha value is -1.85. The van der Waals surface area contributed by atoms with Gasteiger partial charge in [-0.2, -0.15) is 0 Å². The predicted octanol–water partition coefficient (Wildman–Crippen LogP) is 3.29. The first-order chi connectivity index (χ1) is 9.58. The van der Waals surface area contributed by atoms with Gasteiger partial charge in [-0.05, 0) is 35.5 Å². The van der Waals surface area contributed by atoms with Crippen molar-refractivity contribution in [3.05, 3.63) is 58.7 Å². The van der Waals surface area contributed by atoms with Crippen molar-refractivity contribution in [1.82, 2.24) is 4.98 Å². The maximum Gasteiger partial charge on any atom is 0.338 e. The van der Waals surface area contributed by atoms with Crippen molar-refractivity contribution in [3.8, 4) is 0 Å². The van der Waals surface area contributed by atoms with Gasteiger partial charge in [0.25, 0.3) is 0 Å². The Balaban J connectivity index is 2.13. The van der Waals surface area contributed by atoms with Gasteiger partial charge in [-0.3, -0.25) is 4.79 Å². The van der Waals surface area contributed by atoms with Gasteiger partial charge >= 0.3 is 5.97 Å². The van der Waals surface area contributed by atoms with Gasteiger partial charge in [0.1, 0.15) is 5.03 Å². The van der Waals surface area contributed by atoms with E-state index in [1.165, 1.54) is 18.3 Å². The molecule has 1 aromatic heterocycles. The molecule has 0 radical (unpaired) electrons. The summed E-state index contributed by atoms with van der Waals surface area (Å²) >= 11 is 6.79. The van der Waals surface area contributed by atoms with Gasteiger partial charge in [0.2, 0.25) is 0 Å². The van der Waals surface area contributed by atoms with Crippen LogP contribution >= 0.6 is 23.4 Å². The number of hydrogen-bond acceptors (Lipinski definition) is 4. The van der Waals surface area contributed by atoms with Crippen LogP contribution in [-0.2, 0) is 11.2 Å². The summed E-state index contributed by atoms with van der Waals surface area (Å²) in [5.74, 6) is -1.11. The van der Waals surface area contributed by atoms with Gasteiger partial charge in [-0.1, -0.05) is 29.8 Å². The van der Waals surface area contributed by atoms with Crippen LogP contribution in [0.5, 0.6) is 0 Å². The molecule has 0 saturated carbocycles. The average Bonchev–Trinajstić information content (AvgIpc) is 2.41. The molecule has 0 fully saturated rings. The van der Waals surface area contributed by atoms with Crippen LogP contribution in [0.4, 0.5) is 0 Å². The molecule has 2 rings (SSSR count). The Morgan fingerprint density at radius 3 is 2.65 bits per heavy atom. The highest BCUT2D eigenvalue weighted by Crippen LogP contribution is 2.24. The quantitative estimate of drug-likeness (QED) is 0.878. The van der Waals surface area contributed by atoms with Gasteiger partial charge in [0.05, 0.1) is 5.56 Å². The smallest absolute Gasteiger partial charge is 0.338 e. The van der Waals surface area contributed by atoms with Gasteiger partial charge in [-0.15, -0.1) is 0 Å². The largest absolute Gasteiger partial charge is 0.478 e. The number of hydrogen-bond donors (Lipinski definition) is 1. The number of halogens is 1. The number of carboxylic acid groups (broad SMARTS) is 1. The van der Waals surface area contributed by atoms with Crippen LogP contribution < -0.4 is 0 Å². The number of benzene rings is 1. The average molecular weight is 308 g/mol. The third-order valence-electron chi connectivity index (χ3n) is 2.50. The maximum atomic E-state index is 12.0. The van der Waals surface area contributed by atoms with E-state index in [0.29, 0.717) is 10.6 Å². The predicted molar refractivity (Wildman–Crippen MR) is 77.2 cm³/mol. The Morgan fingerprint density at radius 1 is 1.20 bits per heavy atom. The van der Waals surface area contributed by atoms with Gasteiger partial charge in [0, 0.05) is 17.6 Å². The maximum absolute atomic E-state index is 12.0. The molecule has 0 aliphatic heterocycles. The fourth-order valence-corrected chi connectivity index (χ4v) is 2.60. The molecule has 0 aliphatic carbocycles. The number of aromatic nitrogens is 1. The van der Waals surface area contributed by atoms with E-state index in [1.54, 1.807) is 24.3 Å². The van der Waals surface area contributed by atoms with E-state index in [9.17, 15) is 9.59 Å². The zero-order chi connectivity index (χ0) is 14.5. The summed E-state index contributed by atoms with van der Waals surface area (Å²) in [6.07, 6.45) is 1.58. The fraction of sp³-hybridized carbons (Fsp3) is 0.0714. The lowest BCUT2D eigenvalue weighted by atomic mass is 10.2. The van der Waals surface area contributed by atoms with E-state index < -0.39 is 5.97 Å². The van der Waals surface area contributed by atoms with Crippen LogP contribution in [0.25, 0.3) is 0 Å². The molecule has 1 N–H and O–H groups in total. The summed E-state index contributed by atoms with van der Waals surface area (Å²) in [6.45, 7) is 0. The molecule has 20 heavy (non-hydrogen) atoms. The van der Waals surface area contributed by atoms with Crippen molar-refractivity contribution in [3.63, 3.8) is 0 Å². The zero-order valence-electron chi connectivity index (χ0n) is 10.2. The number of carboxylic acids is 1. The van der Waals surface area contributed by atoms with Crippen LogP contribution in [0, 0.1) is 0 Å². The first-order valence-electron chi connectivity index (χ1n) is 5.70. The molecule has 1 aromatic carbocycles. The van der Waals surface area contributed by atoms with Crippen LogP contribution in [0.2, 0.25) is 5.02 Å². The van der Waals surface area contributed by atoms with Crippen molar-refractivity contribution in [1.29, 1.82) is 0 Å². The lowest BCUT2D eigenvalue weighted by Gasteiger charge is -2.05. The third-order valence-corrected chi connectivity index (χ3v) is 3.76. The molecule has 4 nitrogen and oxygen atoms in total. The van der Waals surface area contributed by atoms with E-state index >= 15 is 0 Å².